The SMILES string of the molecule is CC(=O)c1cc(N=Nc2ccc(S(=O)(=O)Cc3ccccn3)cc2)ccc1O. The Morgan fingerprint density at radius 3 is 2.32 bits per heavy atom. The third-order valence-corrected chi connectivity index (χ3v) is 5.57. The van der Waals surface area contributed by atoms with Gasteiger partial charge >= 0.3 is 0 Å². The number of phenols is 1. The molecule has 0 fully saturated rings. The van der Waals surface area contributed by atoms with Gasteiger partial charge in [-0.15, -0.1) is 0 Å². The van der Waals surface area contributed by atoms with Crippen LogP contribution in [-0.4, -0.2) is 24.3 Å². The fourth-order valence-electron chi connectivity index (χ4n) is 2.47. The number of ketones is 1. The number of benzene rings is 2. The lowest BCUT2D eigenvalue weighted by Crippen LogP contribution is -2.05. The van der Waals surface area contributed by atoms with Crippen LogP contribution in [0.4, 0.5) is 11.4 Å². The summed E-state index contributed by atoms with van der Waals surface area (Å²) in [6, 6.07) is 15.5. The number of phenolic OH excluding ortho intramolecular Hbond substituents is 1. The quantitative estimate of drug-likeness (QED) is 0.492. The van der Waals surface area contributed by atoms with Gasteiger partial charge in [-0.2, -0.15) is 10.2 Å². The van der Waals surface area contributed by atoms with Crippen molar-refractivity contribution in [2.45, 2.75) is 17.6 Å². The lowest BCUT2D eigenvalue weighted by molar-refractivity contribution is 0.101. The third kappa shape index (κ3) is 4.66. The standard InChI is InChI=1S/C20H17N3O4S/c1-14(24)19-12-16(7-10-20(19)25)23-22-15-5-8-18(9-6-15)28(26,27)13-17-4-2-3-11-21-17/h2-12,25H,13H2,1H3. The summed E-state index contributed by atoms with van der Waals surface area (Å²) in [5.74, 6) is -0.582. The highest BCUT2D eigenvalue weighted by molar-refractivity contribution is 7.90. The summed E-state index contributed by atoms with van der Waals surface area (Å²) in [4.78, 5) is 15.7. The Hall–Kier alpha value is -3.39. The van der Waals surface area contributed by atoms with Crippen molar-refractivity contribution in [3.8, 4) is 5.75 Å². The number of carbonyl (C=O) groups excluding carboxylic acids is 1. The van der Waals surface area contributed by atoms with Gasteiger partial charge in [-0.1, -0.05) is 6.07 Å². The molecule has 0 aliphatic heterocycles. The van der Waals surface area contributed by atoms with E-state index in [2.05, 4.69) is 15.2 Å². The lowest BCUT2D eigenvalue weighted by atomic mass is 10.1. The molecule has 1 aromatic heterocycles. The molecule has 3 rings (SSSR count). The van der Waals surface area contributed by atoms with E-state index in [0.29, 0.717) is 17.1 Å². The van der Waals surface area contributed by atoms with E-state index in [-0.39, 0.29) is 27.7 Å². The molecule has 3 aromatic rings. The molecule has 0 unspecified atom stereocenters. The molecule has 2 aromatic carbocycles. The van der Waals surface area contributed by atoms with Crippen LogP contribution in [0, 0.1) is 0 Å². The lowest BCUT2D eigenvalue weighted by Gasteiger charge is -2.04. The predicted molar refractivity (Wildman–Crippen MR) is 104 cm³/mol. The summed E-state index contributed by atoms with van der Waals surface area (Å²) < 4.78 is 25.0. The first-order chi connectivity index (χ1) is 13.3. The second-order valence-corrected chi connectivity index (χ2v) is 8.02. The van der Waals surface area contributed by atoms with E-state index in [9.17, 15) is 18.3 Å². The molecule has 7 nitrogen and oxygen atoms in total. The Balaban J connectivity index is 1.77. The summed E-state index contributed by atoms with van der Waals surface area (Å²) in [7, 11) is -3.52. The maximum absolute atomic E-state index is 12.5. The highest BCUT2D eigenvalue weighted by Gasteiger charge is 2.16. The number of azo groups is 1. The molecule has 0 radical (unpaired) electrons. The van der Waals surface area contributed by atoms with E-state index < -0.39 is 9.84 Å². The minimum atomic E-state index is -3.52. The molecular weight excluding hydrogens is 378 g/mol. The molecule has 0 amide bonds. The van der Waals surface area contributed by atoms with Crippen molar-refractivity contribution in [2.24, 2.45) is 10.2 Å². The number of hydrogen-bond acceptors (Lipinski definition) is 7. The van der Waals surface area contributed by atoms with Gasteiger partial charge in [-0.3, -0.25) is 9.78 Å². The number of carbonyl (C=O) groups is 1. The number of sulfone groups is 1. The molecule has 0 saturated heterocycles. The van der Waals surface area contributed by atoms with Crippen molar-refractivity contribution < 1.29 is 18.3 Å². The molecule has 0 aliphatic rings. The van der Waals surface area contributed by atoms with Gasteiger partial charge in [0.25, 0.3) is 0 Å². The van der Waals surface area contributed by atoms with E-state index in [1.54, 1.807) is 36.5 Å². The topological polar surface area (TPSA) is 109 Å². The van der Waals surface area contributed by atoms with E-state index in [1.165, 1.54) is 37.3 Å². The van der Waals surface area contributed by atoms with Crippen LogP contribution < -0.4 is 0 Å². The smallest absolute Gasteiger partial charge is 0.184 e. The Morgan fingerprint density at radius 2 is 1.68 bits per heavy atom. The van der Waals surface area contributed by atoms with Crippen LogP contribution in [0.15, 0.2) is 82.0 Å². The Bertz CT molecular complexity index is 1130. The fourth-order valence-corrected chi connectivity index (χ4v) is 3.74. The number of hydrogen-bond donors (Lipinski definition) is 1. The minimum Gasteiger partial charge on any atom is -0.507 e. The summed E-state index contributed by atoms with van der Waals surface area (Å²) in [6.45, 7) is 1.35. The Morgan fingerprint density at radius 1 is 1.00 bits per heavy atom. The van der Waals surface area contributed by atoms with Gasteiger partial charge in [0.05, 0.1) is 33.3 Å². The van der Waals surface area contributed by atoms with Crippen LogP contribution in [0.1, 0.15) is 23.0 Å². The van der Waals surface area contributed by atoms with Crippen molar-refractivity contribution >= 4 is 27.0 Å². The maximum Gasteiger partial charge on any atom is 0.184 e. The largest absolute Gasteiger partial charge is 0.507 e. The zero-order chi connectivity index (χ0) is 20.1. The molecule has 0 saturated carbocycles. The molecule has 8 heteroatoms. The monoisotopic (exact) mass is 395 g/mol. The van der Waals surface area contributed by atoms with Crippen LogP contribution >= 0.6 is 0 Å². The zero-order valence-corrected chi connectivity index (χ0v) is 15.8. The number of nitrogens with zero attached hydrogens (tertiary/aromatic N) is 3. The van der Waals surface area contributed by atoms with Crippen LogP contribution in [-0.2, 0) is 15.6 Å². The summed E-state index contributed by atoms with van der Waals surface area (Å²) >= 11 is 0. The molecule has 0 spiro atoms. The molecule has 0 atom stereocenters. The van der Waals surface area contributed by atoms with Crippen LogP contribution in [0.3, 0.4) is 0 Å². The van der Waals surface area contributed by atoms with Crippen molar-refractivity contribution in [2.75, 3.05) is 0 Å². The first-order valence-electron chi connectivity index (χ1n) is 8.33. The van der Waals surface area contributed by atoms with Gasteiger partial charge in [0.1, 0.15) is 5.75 Å². The number of aromatic nitrogens is 1. The second kappa shape index (κ2) is 8.10. The summed E-state index contributed by atoms with van der Waals surface area (Å²) in [5, 5.41) is 17.7. The van der Waals surface area contributed by atoms with Crippen molar-refractivity contribution in [1.82, 2.24) is 4.98 Å². The highest BCUT2D eigenvalue weighted by atomic mass is 32.2. The highest BCUT2D eigenvalue weighted by Crippen LogP contribution is 2.26. The zero-order valence-electron chi connectivity index (χ0n) is 15.0. The van der Waals surface area contributed by atoms with Gasteiger partial charge in [-0.05, 0) is 61.5 Å². The van der Waals surface area contributed by atoms with Gasteiger partial charge < -0.3 is 5.11 Å². The second-order valence-electron chi connectivity index (χ2n) is 6.03. The van der Waals surface area contributed by atoms with Crippen molar-refractivity contribution in [3.63, 3.8) is 0 Å². The molecule has 142 valence electrons. The average Bonchev–Trinajstić information content (AvgIpc) is 2.68. The van der Waals surface area contributed by atoms with E-state index in [4.69, 9.17) is 0 Å². The molecule has 0 bridgehead atoms. The van der Waals surface area contributed by atoms with E-state index in [0.717, 1.165) is 0 Å². The number of Topliss-reactive ketones (excluding diaryl/α,β-unsaturated/α-hetero) is 1. The van der Waals surface area contributed by atoms with Gasteiger partial charge in [0.2, 0.25) is 0 Å². The molecule has 1 heterocycles. The number of rotatable bonds is 6. The van der Waals surface area contributed by atoms with Crippen molar-refractivity contribution in [1.29, 1.82) is 0 Å². The van der Waals surface area contributed by atoms with Crippen LogP contribution in [0.25, 0.3) is 0 Å². The summed E-state index contributed by atoms with van der Waals surface area (Å²) in [6.07, 6.45) is 1.55. The third-order valence-electron chi connectivity index (χ3n) is 3.90. The number of aromatic hydroxyl groups is 1. The van der Waals surface area contributed by atoms with Gasteiger partial charge in [0, 0.05) is 6.20 Å². The molecule has 1 N–H and O–H groups in total. The maximum atomic E-state index is 12.5. The van der Waals surface area contributed by atoms with Gasteiger partial charge in [0.15, 0.2) is 15.6 Å². The minimum absolute atomic E-state index is 0.117. The van der Waals surface area contributed by atoms with E-state index in [1.807, 2.05) is 0 Å². The van der Waals surface area contributed by atoms with E-state index >= 15 is 0 Å². The average molecular weight is 395 g/mol. The molecular formula is C20H17N3O4S. The molecule has 28 heavy (non-hydrogen) atoms. The van der Waals surface area contributed by atoms with Gasteiger partial charge in [-0.25, -0.2) is 8.42 Å². The Labute approximate surface area is 162 Å². The van der Waals surface area contributed by atoms with Crippen LogP contribution in [0.2, 0.25) is 0 Å². The van der Waals surface area contributed by atoms with Crippen molar-refractivity contribution in [3.05, 3.63) is 78.1 Å². The normalized spacial score (nSPS) is 11.6. The predicted octanol–water partition coefficient (Wildman–Crippen LogP) is 4.38. The molecule has 0 aliphatic carbocycles. The number of pyridine rings is 1. The first-order valence-corrected chi connectivity index (χ1v) is 9.99. The Kier molecular flexibility index (Phi) is 5.60. The van der Waals surface area contributed by atoms with Crippen LogP contribution in [0.5, 0.6) is 5.75 Å². The fraction of sp³-hybridized carbons (Fsp3) is 0.100. The summed E-state index contributed by atoms with van der Waals surface area (Å²) in [5.41, 5.74) is 1.48. The first kappa shape index (κ1) is 19.4.